The van der Waals surface area contributed by atoms with E-state index in [-0.39, 0.29) is 0 Å². The van der Waals surface area contributed by atoms with E-state index in [4.69, 9.17) is 0 Å². The highest BCUT2D eigenvalue weighted by atomic mass is 32.1. The van der Waals surface area contributed by atoms with Crippen LogP contribution in [0.25, 0.3) is 10.2 Å². The van der Waals surface area contributed by atoms with Crippen LogP contribution >= 0.6 is 11.3 Å². The molecule has 1 aliphatic carbocycles. The highest BCUT2D eigenvalue weighted by Crippen LogP contribution is 2.49. The lowest BCUT2D eigenvalue weighted by atomic mass is 10.0. The quantitative estimate of drug-likeness (QED) is 0.875. The molecule has 0 aromatic carbocycles. The molecule has 2 aromatic rings. The summed E-state index contributed by atoms with van der Waals surface area (Å²) >= 11 is 1.71. The maximum Gasteiger partial charge on any atom is 0.147 e. The van der Waals surface area contributed by atoms with Crippen LogP contribution in [0, 0.1) is 5.41 Å². The Bertz CT molecular complexity index is 516. The molecular weight excluding hydrogens is 230 g/mol. The van der Waals surface area contributed by atoms with Crippen molar-refractivity contribution in [3.63, 3.8) is 0 Å². The second kappa shape index (κ2) is 4.26. The van der Waals surface area contributed by atoms with Crippen molar-refractivity contribution in [3.05, 3.63) is 17.8 Å². The summed E-state index contributed by atoms with van der Waals surface area (Å²) in [4.78, 5) is 8.62. The molecule has 3 nitrogen and oxygen atoms in total. The van der Waals surface area contributed by atoms with Crippen LogP contribution in [0.3, 0.4) is 0 Å². The predicted octanol–water partition coefficient (Wildman–Crippen LogP) is 3.68. The van der Waals surface area contributed by atoms with Crippen LogP contribution in [0.5, 0.6) is 0 Å². The Labute approximate surface area is 105 Å². The second-order valence-corrected chi connectivity index (χ2v) is 5.88. The van der Waals surface area contributed by atoms with Crippen LogP contribution in [0.1, 0.15) is 32.6 Å². The molecule has 0 amide bonds. The van der Waals surface area contributed by atoms with Crippen LogP contribution in [0.2, 0.25) is 0 Å². The number of rotatable bonds is 5. The summed E-state index contributed by atoms with van der Waals surface area (Å²) < 4.78 is 1.18. The fourth-order valence-electron chi connectivity index (χ4n) is 2.41. The maximum atomic E-state index is 4.36. The van der Waals surface area contributed by atoms with Crippen molar-refractivity contribution in [2.24, 2.45) is 5.41 Å². The first-order valence-corrected chi connectivity index (χ1v) is 7.13. The van der Waals surface area contributed by atoms with Gasteiger partial charge >= 0.3 is 0 Å². The Morgan fingerprint density at radius 1 is 1.41 bits per heavy atom. The van der Waals surface area contributed by atoms with Gasteiger partial charge in [-0.15, -0.1) is 11.3 Å². The number of thiophene rings is 1. The number of hydrogen-bond acceptors (Lipinski definition) is 4. The smallest absolute Gasteiger partial charge is 0.147 e. The lowest BCUT2D eigenvalue weighted by Crippen LogP contribution is -2.15. The van der Waals surface area contributed by atoms with Crippen molar-refractivity contribution >= 4 is 27.4 Å². The summed E-state index contributed by atoms with van der Waals surface area (Å²) in [7, 11) is 0. The SMILES string of the molecule is CCCC1(CNc2ncnc3ccsc23)CC1. The molecule has 0 aliphatic heterocycles. The second-order valence-electron chi connectivity index (χ2n) is 4.96. The molecule has 1 saturated carbocycles. The molecule has 90 valence electrons. The summed E-state index contributed by atoms with van der Waals surface area (Å²) in [6.07, 6.45) is 6.99. The van der Waals surface area contributed by atoms with Gasteiger partial charge < -0.3 is 5.32 Å². The molecule has 17 heavy (non-hydrogen) atoms. The zero-order valence-corrected chi connectivity index (χ0v) is 10.9. The van der Waals surface area contributed by atoms with Crippen LogP contribution in [0.15, 0.2) is 17.8 Å². The fourth-order valence-corrected chi connectivity index (χ4v) is 3.22. The van der Waals surface area contributed by atoms with Gasteiger partial charge in [-0.3, -0.25) is 0 Å². The Hall–Kier alpha value is -1.16. The molecule has 2 heterocycles. The Morgan fingerprint density at radius 3 is 3.06 bits per heavy atom. The molecule has 0 atom stereocenters. The van der Waals surface area contributed by atoms with Gasteiger partial charge in [-0.25, -0.2) is 9.97 Å². The molecular formula is C13H17N3S. The number of anilines is 1. The van der Waals surface area contributed by atoms with Crippen molar-refractivity contribution < 1.29 is 0 Å². The standard InChI is InChI=1S/C13H17N3S/c1-2-4-13(5-6-13)8-14-12-11-10(3-7-17-11)15-9-16-12/h3,7,9H,2,4-6,8H2,1H3,(H,14,15,16). The number of nitrogens with zero attached hydrogens (tertiary/aromatic N) is 2. The van der Waals surface area contributed by atoms with Crippen LogP contribution in [-0.2, 0) is 0 Å². The molecule has 0 bridgehead atoms. The van der Waals surface area contributed by atoms with Crippen molar-refractivity contribution in [1.82, 2.24) is 9.97 Å². The monoisotopic (exact) mass is 247 g/mol. The van der Waals surface area contributed by atoms with Gasteiger partial charge in [0, 0.05) is 6.54 Å². The maximum absolute atomic E-state index is 4.36. The predicted molar refractivity (Wildman–Crippen MR) is 72.5 cm³/mol. The molecule has 1 aliphatic rings. The minimum Gasteiger partial charge on any atom is -0.368 e. The number of fused-ring (bicyclic) bond motifs is 1. The minimum absolute atomic E-state index is 0.559. The Kier molecular flexibility index (Phi) is 2.74. The van der Waals surface area contributed by atoms with E-state index >= 15 is 0 Å². The van der Waals surface area contributed by atoms with Crippen molar-refractivity contribution in [3.8, 4) is 0 Å². The van der Waals surface area contributed by atoms with Gasteiger partial charge in [0.15, 0.2) is 0 Å². The van der Waals surface area contributed by atoms with E-state index in [1.165, 1.54) is 30.4 Å². The van der Waals surface area contributed by atoms with Crippen LogP contribution in [-0.4, -0.2) is 16.5 Å². The molecule has 0 radical (unpaired) electrons. The number of aromatic nitrogens is 2. The highest BCUT2D eigenvalue weighted by molar-refractivity contribution is 7.17. The molecule has 1 N–H and O–H groups in total. The van der Waals surface area contributed by atoms with E-state index in [2.05, 4.69) is 27.6 Å². The van der Waals surface area contributed by atoms with E-state index in [1.54, 1.807) is 17.7 Å². The van der Waals surface area contributed by atoms with Crippen LogP contribution < -0.4 is 5.32 Å². The summed E-state index contributed by atoms with van der Waals surface area (Å²) in [5.74, 6) is 1.01. The van der Waals surface area contributed by atoms with Gasteiger partial charge in [0.1, 0.15) is 12.1 Å². The fraction of sp³-hybridized carbons (Fsp3) is 0.538. The van der Waals surface area contributed by atoms with Crippen molar-refractivity contribution in [1.29, 1.82) is 0 Å². The highest BCUT2D eigenvalue weighted by Gasteiger charge is 2.41. The van der Waals surface area contributed by atoms with E-state index in [0.717, 1.165) is 17.9 Å². The number of hydrogen-bond donors (Lipinski definition) is 1. The summed E-state index contributed by atoms with van der Waals surface area (Å²) in [6.45, 7) is 3.33. The summed E-state index contributed by atoms with van der Waals surface area (Å²) in [5, 5.41) is 5.59. The lowest BCUT2D eigenvalue weighted by Gasteiger charge is -2.15. The van der Waals surface area contributed by atoms with Gasteiger partial charge in [0.05, 0.1) is 10.2 Å². The molecule has 4 heteroatoms. The van der Waals surface area contributed by atoms with Crippen molar-refractivity contribution in [2.45, 2.75) is 32.6 Å². The Morgan fingerprint density at radius 2 is 2.29 bits per heavy atom. The van der Waals surface area contributed by atoms with Gasteiger partial charge in [0.2, 0.25) is 0 Å². The lowest BCUT2D eigenvalue weighted by molar-refractivity contribution is 0.485. The van der Waals surface area contributed by atoms with E-state index in [9.17, 15) is 0 Å². The topological polar surface area (TPSA) is 37.8 Å². The largest absolute Gasteiger partial charge is 0.368 e. The molecule has 0 saturated heterocycles. The third-order valence-corrected chi connectivity index (χ3v) is 4.52. The zero-order chi connectivity index (χ0) is 11.7. The third kappa shape index (κ3) is 2.14. The minimum atomic E-state index is 0.559. The molecule has 0 spiro atoms. The average molecular weight is 247 g/mol. The zero-order valence-electron chi connectivity index (χ0n) is 10.1. The average Bonchev–Trinajstić information content (AvgIpc) is 2.92. The van der Waals surface area contributed by atoms with E-state index in [0.29, 0.717) is 5.41 Å². The van der Waals surface area contributed by atoms with Crippen LogP contribution in [0.4, 0.5) is 5.82 Å². The number of nitrogens with one attached hydrogen (secondary N) is 1. The molecule has 0 unspecified atom stereocenters. The third-order valence-electron chi connectivity index (χ3n) is 3.61. The van der Waals surface area contributed by atoms with E-state index in [1.807, 2.05) is 6.07 Å². The first-order chi connectivity index (χ1) is 8.33. The molecule has 1 fully saturated rings. The van der Waals surface area contributed by atoms with Gasteiger partial charge in [0.25, 0.3) is 0 Å². The van der Waals surface area contributed by atoms with Gasteiger partial charge in [-0.2, -0.15) is 0 Å². The van der Waals surface area contributed by atoms with Gasteiger partial charge in [-0.1, -0.05) is 13.3 Å². The van der Waals surface area contributed by atoms with Gasteiger partial charge in [-0.05, 0) is 36.1 Å². The molecule has 2 aromatic heterocycles. The first-order valence-electron chi connectivity index (χ1n) is 6.25. The summed E-state index contributed by atoms with van der Waals surface area (Å²) in [6, 6.07) is 2.05. The van der Waals surface area contributed by atoms with Crippen molar-refractivity contribution in [2.75, 3.05) is 11.9 Å². The van der Waals surface area contributed by atoms with E-state index < -0.39 is 0 Å². The molecule has 3 rings (SSSR count). The Balaban J connectivity index is 1.75. The normalized spacial score (nSPS) is 17.2. The summed E-state index contributed by atoms with van der Waals surface area (Å²) in [5.41, 5.74) is 1.61. The first kappa shape index (κ1) is 11.0.